The molecule has 0 bridgehead atoms. The average molecular weight is 394 g/mol. The Morgan fingerprint density at radius 3 is 2.93 bits per heavy atom. The van der Waals surface area contributed by atoms with Crippen LogP contribution >= 0.6 is 0 Å². The second-order valence-electron chi connectivity index (χ2n) is 6.93. The van der Waals surface area contributed by atoms with Crippen molar-refractivity contribution >= 4 is 11.5 Å². The topological polar surface area (TPSA) is 86.3 Å². The molecule has 1 aliphatic rings. The Balaban J connectivity index is 1.62. The van der Waals surface area contributed by atoms with E-state index in [4.69, 9.17) is 4.74 Å². The molecule has 1 unspecified atom stereocenters. The van der Waals surface area contributed by atoms with E-state index in [9.17, 15) is 4.39 Å². The maximum atomic E-state index is 14.4. The molecule has 9 nitrogen and oxygen atoms in total. The van der Waals surface area contributed by atoms with Crippen molar-refractivity contribution in [1.29, 1.82) is 0 Å². The van der Waals surface area contributed by atoms with E-state index >= 15 is 0 Å². The molecule has 0 spiro atoms. The molecular formula is C19H19FN8O. The van der Waals surface area contributed by atoms with E-state index in [0.717, 1.165) is 17.0 Å². The molecule has 10 heteroatoms. The van der Waals surface area contributed by atoms with Gasteiger partial charge in [0.05, 0.1) is 31.1 Å². The number of fused-ring (bicyclic) bond motifs is 1. The second kappa shape index (κ2) is 6.89. The van der Waals surface area contributed by atoms with Gasteiger partial charge in [0.2, 0.25) is 5.65 Å². The highest BCUT2D eigenvalue weighted by Gasteiger charge is 2.32. The number of aromatic nitrogens is 7. The molecule has 0 radical (unpaired) electrons. The second-order valence-corrected chi connectivity index (χ2v) is 6.93. The summed E-state index contributed by atoms with van der Waals surface area (Å²) in [5.74, 6) is 0.366. The van der Waals surface area contributed by atoms with Crippen molar-refractivity contribution in [1.82, 2.24) is 34.8 Å². The van der Waals surface area contributed by atoms with E-state index < -0.39 is 0 Å². The molecule has 1 fully saturated rings. The normalized spacial score (nSPS) is 17.2. The van der Waals surface area contributed by atoms with E-state index in [1.165, 1.54) is 6.07 Å². The number of hydrogen-bond donors (Lipinski definition) is 0. The summed E-state index contributed by atoms with van der Waals surface area (Å²) in [6.45, 7) is 5.55. The van der Waals surface area contributed by atoms with Gasteiger partial charge in [-0.25, -0.2) is 14.1 Å². The van der Waals surface area contributed by atoms with Crippen molar-refractivity contribution in [3.05, 3.63) is 59.4 Å². The Morgan fingerprint density at radius 1 is 1.21 bits per heavy atom. The highest BCUT2D eigenvalue weighted by molar-refractivity contribution is 5.64. The number of halogens is 1. The lowest BCUT2D eigenvalue weighted by Gasteiger charge is -2.36. The highest BCUT2D eigenvalue weighted by Crippen LogP contribution is 2.34. The SMILES string of the molecule is Cc1nn(-c2ccccc2F)c(C)c1C1COCCN1c1nccn2nnnc12. The zero-order valence-electron chi connectivity index (χ0n) is 16.0. The lowest BCUT2D eigenvalue weighted by molar-refractivity contribution is 0.0934. The number of hydrogen-bond acceptors (Lipinski definition) is 7. The van der Waals surface area contributed by atoms with Gasteiger partial charge in [0, 0.05) is 24.0 Å². The first kappa shape index (κ1) is 17.7. The van der Waals surface area contributed by atoms with Crippen molar-refractivity contribution in [2.24, 2.45) is 0 Å². The minimum atomic E-state index is -0.317. The molecule has 0 saturated carbocycles. The van der Waals surface area contributed by atoms with Crippen molar-refractivity contribution in [2.45, 2.75) is 19.9 Å². The Hall–Kier alpha value is -3.40. The lowest BCUT2D eigenvalue weighted by atomic mass is 10.0. The van der Waals surface area contributed by atoms with E-state index in [1.54, 1.807) is 39.8 Å². The third kappa shape index (κ3) is 2.83. The number of morpholine rings is 1. The molecule has 29 heavy (non-hydrogen) atoms. The van der Waals surface area contributed by atoms with Crippen LogP contribution < -0.4 is 4.90 Å². The van der Waals surface area contributed by atoms with E-state index in [-0.39, 0.29) is 11.9 Å². The summed E-state index contributed by atoms with van der Waals surface area (Å²) >= 11 is 0. The van der Waals surface area contributed by atoms with Crippen LogP contribution in [-0.4, -0.2) is 54.6 Å². The van der Waals surface area contributed by atoms with Gasteiger partial charge >= 0.3 is 0 Å². The minimum absolute atomic E-state index is 0.139. The minimum Gasteiger partial charge on any atom is -0.377 e. The van der Waals surface area contributed by atoms with E-state index in [2.05, 4.69) is 30.5 Å². The van der Waals surface area contributed by atoms with Gasteiger partial charge in [0.1, 0.15) is 11.5 Å². The number of aryl methyl sites for hydroxylation is 1. The first-order valence-corrected chi connectivity index (χ1v) is 9.33. The van der Waals surface area contributed by atoms with Crippen LogP contribution in [0.1, 0.15) is 23.0 Å². The Kier molecular flexibility index (Phi) is 4.20. The fraction of sp³-hybridized carbons (Fsp3) is 0.316. The number of benzene rings is 1. The van der Waals surface area contributed by atoms with Crippen LogP contribution in [0, 0.1) is 19.7 Å². The van der Waals surface area contributed by atoms with Gasteiger partial charge in [-0.15, -0.1) is 5.10 Å². The first-order valence-electron chi connectivity index (χ1n) is 9.33. The number of ether oxygens (including phenoxy) is 1. The standard InChI is InChI=1S/C19H19FN8O/c1-12-17(13(2)28(23-12)15-6-4-3-5-14(15)20)16-11-29-10-9-26(16)18-19-22-24-25-27(19)8-7-21-18/h3-8,16H,9-11H2,1-2H3. The largest absolute Gasteiger partial charge is 0.377 e. The summed E-state index contributed by atoms with van der Waals surface area (Å²) in [6.07, 6.45) is 3.38. The predicted octanol–water partition coefficient (Wildman–Crippen LogP) is 2.04. The monoisotopic (exact) mass is 394 g/mol. The molecule has 148 valence electrons. The maximum Gasteiger partial charge on any atom is 0.222 e. The molecule has 4 aromatic rings. The van der Waals surface area contributed by atoms with Crippen molar-refractivity contribution in [3.63, 3.8) is 0 Å². The number of rotatable bonds is 3. The third-order valence-corrected chi connectivity index (χ3v) is 5.26. The molecule has 3 aromatic heterocycles. The van der Waals surface area contributed by atoms with Gasteiger partial charge in [-0.1, -0.05) is 12.1 Å². The quantitative estimate of drug-likeness (QED) is 0.526. The Morgan fingerprint density at radius 2 is 2.07 bits per heavy atom. The van der Waals surface area contributed by atoms with Crippen LogP contribution in [0.4, 0.5) is 10.2 Å². The lowest BCUT2D eigenvalue weighted by Crippen LogP contribution is -2.41. The van der Waals surface area contributed by atoms with Gasteiger partial charge < -0.3 is 9.64 Å². The fourth-order valence-electron chi connectivity index (χ4n) is 3.96. The Bertz CT molecular complexity index is 1190. The summed E-state index contributed by atoms with van der Waals surface area (Å²) in [5.41, 5.74) is 3.67. The Labute approximate surface area is 165 Å². The molecule has 1 aromatic carbocycles. The smallest absolute Gasteiger partial charge is 0.222 e. The van der Waals surface area contributed by atoms with Gasteiger partial charge in [-0.05, 0) is 36.4 Å². The molecule has 0 amide bonds. The number of anilines is 1. The maximum absolute atomic E-state index is 14.4. The molecular weight excluding hydrogens is 375 g/mol. The summed E-state index contributed by atoms with van der Waals surface area (Å²) in [4.78, 5) is 6.67. The van der Waals surface area contributed by atoms with Crippen LogP contribution in [0.15, 0.2) is 36.7 Å². The van der Waals surface area contributed by atoms with Crippen LogP contribution in [0.3, 0.4) is 0 Å². The van der Waals surface area contributed by atoms with Gasteiger partial charge in [0.15, 0.2) is 5.82 Å². The van der Waals surface area contributed by atoms with Crippen molar-refractivity contribution in [3.8, 4) is 5.69 Å². The molecule has 5 rings (SSSR count). The molecule has 4 heterocycles. The number of para-hydroxylation sites is 1. The first-order chi connectivity index (χ1) is 14.1. The van der Waals surface area contributed by atoms with E-state index in [0.29, 0.717) is 36.9 Å². The third-order valence-electron chi connectivity index (χ3n) is 5.26. The number of tetrazole rings is 1. The van der Waals surface area contributed by atoms with Gasteiger partial charge in [-0.3, -0.25) is 0 Å². The summed E-state index contributed by atoms with van der Waals surface area (Å²) in [7, 11) is 0. The van der Waals surface area contributed by atoms with Crippen LogP contribution in [0.25, 0.3) is 11.3 Å². The zero-order valence-corrected chi connectivity index (χ0v) is 16.0. The molecule has 1 aliphatic heterocycles. The molecule has 1 atom stereocenters. The number of nitrogens with zero attached hydrogens (tertiary/aromatic N) is 8. The summed E-state index contributed by atoms with van der Waals surface area (Å²) in [6, 6.07) is 6.48. The molecule has 0 aliphatic carbocycles. The highest BCUT2D eigenvalue weighted by atomic mass is 19.1. The molecule has 1 saturated heterocycles. The summed E-state index contributed by atoms with van der Waals surface area (Å²) in [5, 5.41) is 16.5. The summed E-state index contributed by atoms with van der Waals surface area (Å²) < 4.78 is 23.4. The fourth-order valence-corrected chi connectivity index (χ4v) is 3.96. The van der Waals surface area contributed by atoms with Crippen LogP contribution in [-0.2, 0) is 4.74 Å². The van der Waals surface area contributed by atoms with Crippen LogP contribution in [0.5, 0.6) is 0 Å². The van der Waals surface area contributed by atoms with Gasteiger partial charge in [0.25, 0.3) is 0 Å². The van der Waals surface area contributed by atoms with E-state index in [1.807, 2.05) is 13.8 Å². The predicted molar refractivity (Wildman–Crippen MR) is 102 cm³/mol. The van der Waals surface area contributed by atoms with Crippen LogP contribution in [0.2, 0.25) is 0 Å². The van der Waals surface area contributed by atoms with Crippen molar-refractivity contribution < 1.29 is 9.13 Å². The van der Waals surface area contributed by atoms with Gasteiger partial charge in [-0.2, -0.15) is 9.61 Å². The average Bonchev–Trinajstić information content (AvgIpc) is 3.32. The zero-order chi connectivity index (χ0) is 20.0. The van der Waals surface area contributed by atoms with Crippen molar-refractivity contribution in [2.75, 3.05) is 24.7 Å². The molecule has 0 N–H and O–H groups in total.